The Hall–Kier alpha value is -2.84. The highest BCUT2D eigenvalue weighted by Crippen LogP contribution is 2.16. The number of ether oxygens (including phenoxy) is 1. The summed E-state index contributed by atoms with van der Waals surface area (Å²) in [5.74, 6) is -1.45. The number of halogens is 2. The molecule has 0 radical (unpaired) electrons. The molecule has 0 aliphatic rings. The first-order valence-corrected chi connectivity index (χ1v) is 13.5. The molecule has 0 aromatic heterocycles. The molecule has 2 aromatic carbocycles. The summed E-state index contributed by atoms with van der Waals surface area (Å²) in [7, 11) is 0. The van der Waals surface area contributed by atoms with E-state index >= 15 is 0 Å². The van der Waals surface area contributed by atoms with Gasteiger partial charge in [0.2, 0.25) is 0 Å². The van der Waals surface area contributed by atoms with Crippen LogP contribution in [-0.4, -0.2) is 55.1 Å². The second kappa shape index (κ2) is 15.5. The standard InChI is InChI=1S/C30H43F2N3O3/c1-6-9-35(10-7-2)30(37)24-13-21(5)12-23(17-24)29(36)34-28(27(33)19-38-11-8-20(3)4)16-22-14-25(31)18-26(32)15-22/h12-15,17-18,20,27-28H,6-11,16,19,33H2,1-5H3,(H,34,36)/t27?,28-/m0/s1. The summed E-state index contributed by atoms with van der Waals surface area (Å²) in [6.45, 7) is 12.0. The van der Waals surface area contributed by atoms with Gasteiger partial charge in [-0.15, -0.1) is 0 Å². The number of hydrogen-bond acceptors (Lipinski definition) is 4. The first kappa shape index (κ1) is 31.4. The quantitative estimate of drug-likeness (QED) is 0.307. The van der Waals surface area contributed by atoms with Crippen LogP contribution in [0.25, 0.3) is 0 Å². The van der Waals surface area contributed by atoms with Crippen molar-refractivity contribution >= 4 is 11.8 Å². The van der Waals surface area contributed by atoms with E-state index in [9.17, 15) is 18.4 Å². The van der Waals surface area contributed by atoms with Gasteiger partial charge in [0.15, 0.2) is 0 Å². The molecule has 0 saturated carbocycles. The first-order chi connectivity index (χ1) is 18.0. The second-order valence-corrected chi connectivity index (χ2v) is 10.4. The molecule has 0 fully saturated rings. The van der Waals surface area contributed by atoms with Crippen LogP contribution in [0.3, 0.4) is 0 Å². The average Bonchev–Trinajstić information content (AvgIpc) is 2.84. The van der Waals surface area contributed by atoms with Gasteiger partial charge in [0.1, 0.15) is 11.6 Å². The third-order valence-electron chi connectivity index (χ3n) is 6.22. The van der Waals surface area contributed by atoms with Crippen molar-refractivity contribution in [1.82, 2.24) is 10.2 Å². The van der Waals surface area contributed by atoms with Gasteiger partial charge < -0.3 is 20.7 Å². The molecule has 0 spiro atoms. The largest absolute Gasteiger partial charge is 0.380 e. The molecule has 0 saturated heterocycles. The van der Waals surface area contributed by atoms with Crippen molar-refractivity contribution in [1.29, 1.82) is 0 Å². The molecule has 0 bridgehead atoms. The fourth-order valence-electron chi connectivity index (χ4n) is 4.27. The number of carbonyl (C=O) groups is 2. The van der Waals surface area contributed by atoms with Crippen molar-refractivity contribution in [2.45, 2.75) is 72.4 Å². The van der Waals surface area contributed by atoms with Crippen molar-refractivity contribution in [2.24, 2.45) is 11.7 Å². The summed E-state index contributed by atoms with van der Waals surface area (Å²) in [4.78, 5) is 28.3. The molecule has 6 nitrogen and oxygen atoms in total. The number of nitrogens with zero attached hydrogens (tertiary/aromatic N) is 1. The molecule has 2 aromatic rings. The maximum Gasteiger partial charge on any atom is 0.253 e. The smallest absolute Gasteiger partial charge is 0.253 e. The van der Waals surface area contributed by atoms with Crippen molar-refractivity contribution < 1.29 is 23.1 Å². The lowest BCUT2D eigenvalue weighted by atomic mass is 9.98. The summed E-state index contributed by atoms with van der Waals surface area (Å²) >= 11 is 0. The minimum absolute atomic E-state index is 0.117. The van der Waals surface area contributed by atoms with Crippen LogP contribution < -0.4 is 11.1 Å². The molecule has 8 heteroatoms. The highest BCUT2D eigenvalue weighted by Gasteiger charge is 2.24. The van der Waals surface area contributed by atoms with Gasteiger partial charge >= 0.3 is 0 Å². The van der Waals surface area contributed by atoms with E-state index in [1.54, 1.807) is 23.1 Å². The highest BCUT2D eigenvalue weighted by molar-refractivity contribution is 6.00. The van der Waals surface area contributed by atoms with E-state index in [0.29, 0.717) is 42.3 Å². The fourth-order valence-corrected chi connectivity index (χ4v) is 4.27. The Morgan fingerprint density at radius 1 is 0.974 bits per heavy atom. The predicted octanol–water partition coefficient (Wildman–Crippen LogP) is 5.27. The minimum atomic E-state index is -0.697. The monoisotopic (exact) mass is 531 g/mol. The minimum Gasteiger partial charge on any atom is -0.380 e. The van der Waals surface area contributed by atoms with E-state index in [2.05, 4.69) is 19.2 Å². The van der Waals surface area contributed by atoms with E-state index < -0.39 is 29.6 Å². The SMILES string of the molecule is CCCN(CCC)C(=O)c1cc(C)cc(C(=O)N[C@@H](Cc2cc(F)cc(F)c2)C(N)COCCC(C)C)c1. The van der Waals surface area contributed by atoms with E-state index in [0.717, 1.165) is 30.9 Å². The van der Waals surface area contributed by atoms with Gasteiger partial charge in [-0.05, 0) is 80.0 Å². The van der Waals surface area contributed by atoms with E-state index in [4.69, 9.17) is 10.5 Å². The maximum absolute atomic E-state index is 13.9. The Morgan fingerprint density at radius 3 is 2.16 bits per heavy atom. The highest BCUT2D eigenvalue weighted by atomic mass is 19.1. The van der Waals surface area contributed by atoms with Gasteiger partial charge in [-0.2, -0.15) is 0 Å². The normalized spacial score (nSPS) is 12.9. The summed E-state index contributed by atoms with van der Waals surface area (Å²) in [5, 5.41) is 2.93. The number of benzene rings is 2. The molecule has 2 rings (SSSR count). The molecule has 1 unspecified atom stereocenters. The Bertz CT molecular complexity index is 1030. The zero-order valence-corrected chi connectivity index (χ0v) is 23.4. The molecule has 2 atom stereocenters. The molecule has 210 valence electrons. The lowest BCUT2D eigenvalue weighted by Gasteiger charge is -2.26. The van der Waals surface area contributed by atoms with Gasteiger partial charge in [-0.3, -0.25) is 9.59 Å². The molecular formula is C30H43F2N3O3. The van der Waals surface area contributed by atoms with Gasteiger partial charge in [-0.25, -0.2) is 8.78 Å². The molecule has 0 heterocycles. The number of aryl methyl sites for hydroxylation is 1. The number of amides is 2. The summed E-state index contributed by atoms with van der Waals surface area (Å²) in [5.41, 5.74) is 8.33. The first-order valence-electron chi connectivity index (χ1n) is 13.5. The Kier molecular flexibility index (Phi) is 12.8. The molecule has 2 amide bonds. The second-order valence-electron chi connectivity index (χ2n) is 10.4. The summed E-state index contributed by atoms with van der Waals surface area (Å²) in [6.07, 6.45) is 2.66. The van der Waals surface area contributed by atoms with Gasteiger partial charge in [0, 0.05) is 42.9 Å². The van der Waals surface area contributed by atoms with Crippen LogP contribution in [0.5, 0.6) is 0 Å². The average molecular weight is 532 g/mol. The van der Waals surface area contributed by atoms with Crippen LogP contribution >= 0.6 is 0 Å². The Balaban J connectivity index is 2.27. The van der Waals surface area contributed by atoms with Crippen LogP contribution in [0.2, 0.25) is 0 Å². The molecule has 0 aliphatic carbocycles. The number of rotatable bonds is 15. The van der Waals surface area contributed by atoms with Crippen LogP contribution in [0.1, 0.15) is 78.8 Å². The zero-order chi connectivity index (χ0) is 28.2. The van der Waals surface area contributed by atoms with Crippen molar-refractivity contribution in [3.8, 4) is 0 Å². The van der Waals surface area contributed by atoms with Crippen LogP contribution in [0, 0.1) is 24.5 Å². The van der Waals surface area contributed by atoms with Gasteiger partial charge in [0.05, 0.1) is 12.6 Å². The van der Waals surface area contributed by atoms with Crippen LogP contribution in [0.4, 0.5) is 8.78 Å². The Labute approximate surface area is 225 Å². The topological polar surface area (TPSA) is 84.7 Å². The van der Waals surface area contributed by atoms with Crippen molar-refractivity contribution in [3.05, 3.63) is 70.3 Å². The van der Waals surface area contributed by atoms with Crippen LogP contribution in [0.15, 0.2) is 36.4 Å². The van der Waals surface area contributed by atoms with Crippen molar-refractivity contribution in [2.75, 3.05) is 26.3 Å². The molecule has 3 N–H and O–H groups in total. The summed E-state index contributed by atoms with van der Waals surface area (Å²) < 4.78 is 33.4. The number of carbonyl (C=O) groups excluding carboxylic acids is 2. The fraction of sp³-hybridized carbons (Fsp3) is 0.533. The number of nitrogens with one attached hydrogen (secondary N) is 1. The van der Waals surface area contributed by atoms with Crippen molar-refractivity contribution in [3.63, 3.8) is 0 Å². The third kappa shape index (κ3) is 10.1. The van der Waals surface area contributed by atoms with E-state index in [1.165, 1.54) is 12.1 Å². The van der Waals surface area contributed by atoms with Gasteiger partial charge in [0.25, 0.3) is 11.8 Å². The maximum atomic E-state index is 13.9. The number of nitrogens with two attached hydrogens (primary N) is 1. The lowest BCUT2D eigenvalue weighted by Crippen LogP contribution is -2.51. The molecule has 38 heavy (non-hydrogen) atoms. The lowest BCUT2D eigenvalue weighted by molar-refractivity contribution is 0.0755. The summed E-state index contributed by atoms with van der Waals surface area (Å²) in [6, 6.07) is 7.07. The van der Waals surface area contributed by atoms with Gasteiger partial charge in [-0.1, -0.05) is 27.7 Å². The number of hydrogen-bond donors (Lipinski definition) is 2. The molecular weight excluding hydrogens is 488 g/mol. The predicted molar refractivity (Wildman–Crippen MR) is 147 cm³/mol. The van der Waals surface area contributed by atoms with E-state index in [1.807, 2.05) is 20.8 Å². The zero-order valence-electron chi connectivity index (χ0n) is 23.4. The van der Waals surface area contributed by atoms with E-state index in [-0.39, 0.29) is 18.9 Å². The third-order valence-corrected chi connectivity index (χ3v) is 6.22. The Morgan fingerprint density at radius 2 is 1.58 bits per heavy atom. The molecule has 0 aliphatic heterocycles. The van der Waals surface area contributed by atoms with Crippen LogP contribution in [-0.2, 0) is 11.2 Å².